The lowest BCUT2D eigenvalue weighted by molar-refractivity contribution is 0.379. The van der Waals surface area contributed by atoms with Crippen molar-refractivity contribution in [2.45, 2.75) is 52.5 Å². The van der Waals surface area contributed by atoms with Gasteiger partial charge in [-0.3, -0.25) is 18.9 Å². The van der Waals surface area contributed by atoms with E-state index in [9.17, 15) is 18.4 Å². The van der Waals surface area contributed by atoms with E-state index >= 15 is 0 Å². The van der Waals surface area contributed by atoms with Gasteiger partial charge in [-0.2, -0.15) is 4.98 Å². The smallest absolute Gasteiger partial charge is 0.339 e. The molecule has 0 amide bonds. The highest BCUT2D eigenvalue weighted by molar-refractivity contribution is 5.80. The number of hydrogen-bond donors (Lipinski definition) is 1. The predicted octanol–water partition coefficient (Wildman–Crippen LogP) is 5.80. The molecule has 234 valence electrons. The third-order valence-corrected chi connectivity index (χ3v) is 7.75. The van der Waals surface area contributed by atoms with Gasteiger partial charge in [0, 0.05) is 29.7 Å². The Morgan fingerprint density at radius 2 is 1.65 bits per heavy atom. The lowest BCUT2D eigenvalue weighted by Crippen LogP contribution is -2.30. The first-order valence-electron chi connectivity index (χ1n) is 14.9. The van der Waals surface area contributed by atoms with Crippen LogP contribution in [0.2, 0.25) is 0 Å². The number of aromatic amines is 1. The van der Waals surface area contributed by atoms with Crippen molar-refractivity contribution in [3.8, 4) is 22.5 Å². The molecule has 3 aromatic carbocycles. The van der Waals surface area contributed by atoms with Gasteiger partial charge in [0.15, 0.2) is 23.3 Å². The topological polar surface area (TPSA) is 133 Å². The van der Waals surface area contributed by atoms with E-state index in [1.165, 1.54) is 12.1 Å². The second-order valence-corrected chi connectivity index (χ2v) is 10.9. The number of H-pyrrole nitrogens is 1. The van der Waals surface area contributed by atoms with Gasteiger partial charge in [0.25, 0.3) is 5.56 Å². The van der Waals surface area contributed by atoms with Gasteiger partial charge in [-0.05, 0) is 41.7 Å². The molecule has 46 heavy (non-hydrogen) atoms. The zero-order valence-corrected chi connectivity index (χ0v) is 25.2. The van der Waals surface area contributed by atoms with Crippen molar-refractivity contribution < 1.29 is 17.8 Å². The Balaban J connectivity index is 1.27. The molecular formula is C34H30F2N6O4. The van der Waals surface area contributed by atoms with Crippen molar-refractivity contribution in [1.82, 2.24) is 29.8 Å². The zero-order valence-electron chi connectivity index (χ0n) is 25.2. The third-order valence-electron chi connectivity index (χ3n) is 7.75. The van der Waals surface area contributed by atoms with Crippen molar-refractivity contribution >= 4 is 0 Å². The molecule has 0 aliphatic carbocycles. The maximum atomic E-state index is 14.2. The average molecular weight is 625 g/mol. The first kappa shape index (κ1) is 30.5. The molecule has 0 radical (unpaired) electrons. The molecule has 3 heterocycles. The first-order valence-corrected chi connectivity index (χ1v) is 14.9. The van der Waals surface area contributed by atoms with Crippen LogP contribution in [0.15, 0.2) is 85.4 Å². The summed E-state index contributed by atoms with van der Waals surface area (Å²) in [7, 11) is 0. The molecule has 1 N–H and O–H groups in total. The lowest BCUT2D eigenvalue weighted by atomic mass is 9.98. The van der Waals surface area contributed by atoms with E-state index in [0.717, 1.165) is 41.2 Å². The van der Waals surface area contributed by atoms with E-state index in [2.05, 4.69) is 27.2 Å². The minimum atomic E-state index is -0.956. The molecule has 0 bridgehead atoms. The van der Waals surface area contributed by atoms with Gasteiger partial charge in [-0.25, -0.2) is 18.6 Å². The quantitative estimate of drug-likeness (QED) is 0.191. The van der Waals surface area contributed by atoms with E-state index in [4.69, 9.17) is 14.0 Å². The van der Waals surface area contributed by atoms with Gasteiger partial charge >= 0.3 is 5.76 Å². The van der Waals surface area contributed by atoms with Gasteiger partial charge in [0.1, 0.15) is 5.82 Å². The second-order valence-electron chi connectivity index (χ2n) is 10.9. The number of aryl methyl sites for hydroxylation is 2. The molecule has 3 aromatic heterocycles. The van der Waals surface area contributed by atoms with Crippen molar-refractivity contribution in [3.05, 3.63) is 139 Å². The van der Waals surface area contributed by atoms with Crippen molar-refractivity contribution in [1.29, 1.82) is 0 Å². The fourth-order valence-electron chi connectivity index (χ4n) is 5.35. The maximum Gasteiger partial charge on any atom is 0.439 e. The lowest BCUT2D eigenvalue weighted by Gasteiger charge is -2.16. The molecule has 0 aliphatic rings. The molecule has 0 saturated heterocycles. The Bertz CT molecular complexity index is 2110. The average Bonchev–Trinajstić information content (AvgIpc) is 3.70. The van der Waals surface area contributed by atoms with Gasteiger partial charge in [0.05, 0.1) is 13.0 Å². The highest BCUT2D eigenvalue weighted by atomic mass is 19.2. The van der Waals surface area contributed by atoms with Crippen LogP contribution < -0.4 is 11.3 Å². The minimum absolute atomic E-state index is 0.0459. The van der Waals surface area contributed by atoms with Crippen LogP contribution in [0.25, 0.3) is 22.5 Å². The van der Waals surface area contributed by atoms with Gasteiger partial charge in [-0.1, -0.05) is 84.3 Å². The summed E-state index contributed by atoms with van der Waals surface area (Å²) >= 11 is 0. The highest BCUT2D eigenvalue weighted by Crippen LogP contribution is 2.30. The SMILES string of the molecule is CCCCc1nc(C)c(Cc2nc(Cc3cccc(F)c3F)no2)c(=O)n1Cc1ccc(-c2ccccc2-c2noc(=O)[nH]2)cc1. The van der Waals surface area contributed by atoms with Crippen LogP contribution in [-0.4, -0.2) is 29.8 Å². The van der Waals surface area contributed by atoms with E-state index in [-0.39, 0.29) is 35.7 Å². The molecule has 0 saturated carbocycles. The van der Waals surface area contributed by atoms with Crippen LogP contribution in [-0.2, 0) is 25.8 Å². The largest absolute Gasteiger partial charge is 0.439 e. The van der Waals surface area contributed by atoms with Crippen molar-refractivity contribution in [3.63, 3.8) is 0 Å². The summed E-state index contributed by atoms with van der Waals surface area (Å²) in [6.07, 6.45) is 2.44. The Kier molecular flexibility index (Phi) is 8.77. The second kappa shape index (κ2) is 13.2. The van der Waals surface area contributed by atoms with Crippen molar-refractivity contribution in [2.75, 3.05) is 0 Å². The van der Waals surface area contributed by atoms with Crippen LogP contribution in [0.5, 0.6) is 0 Å². The number of unbranched alkanes of at least 4 members (excludes halogenated alkanes) is 1. The predicted molar refractivity (Wildman–Crippen MR) is 165 cm³/mol. The molecule has 0 atom stereocenters. The van der Waals surface area contributed by atoms with Gasteiger partial charge in [0.2, 0.25) is 5.89 Å². The molecule has 6 rings (SSSR count). The summed E-state index contributed by atoms with van der Waals surface area (Å²) in [6.45, 7) is 4.16. The van der Waals surface area contributed by atoms with Crippen LogP contribution in [0, 0.1) is 18.6 Å². The zero-order chi connectivity index (χ0) is 32.2. The minimum Gasteiger partial charge on any atom is -0.339 e. The molecule has 0 unspecified atom stereocenters. The third kappa shape index (κ3) is 6.46. The monoisotopic (exact) mass is 624 g/mol. The van der Waals surface area contributed by atoms with Crippen LogP contribution in [0.3, 0.4) is 0 Å². The summed E-state index contributed by atoms with van der Waals surface area (Å²) in [5.74, 6) is -1.15. The van der Waals surface area contributed by atoms with E-state index < -0.39 is 17.4 Å². The number of halogens is 2. The molecule has 12 heteroatoms. The van der Waals surface area contributed by atoms with Gasteiger partial charge < -0.3 is 4.52 Å². The Morgan fingerprint density at radius 3 is 2.39 bits per heavy atom. The summed E-state index contributed by atoms with van der Waals surface area (Å²) in [4.78, 5) is 37.2. The van der Waals surface area contributed by atoms with E-state index in [0.29, 0.717) is 35.9 Å². The number of hydrogen-bond acceptors (Lipinski definition) is 8. The van der Waals surface area contributed by atoms with Gasteiger partial charge in [-0.15, -0.1) is 0 Å². The Hall–Kier alpha value is -5.52. The fourth-order valence-corrected chi connectivity index (χ4v) is 5.35. The fraction of sp³-hybridized carbons (Fsp3) is 0.235. The summed E-state index contributed by atoms with van der Waals surface area (Å²) in [6, 6.07) is 19.2. The highest BCUT2D eigenvalue weighted by Gasteiger charge is 2.19. The molecule has 0 aliphatic heterocycles. The Labute approximate surface area is 261 Å². The first-order chi connectivity index (χ1) is 22.3. The van der Waals surface area contributed by atoms with E-state index in [1.807, 2.05) is 48.5 Å². The van der Waals surface area contributed by atoms with Crippen LogP contribution >= 0.6 is 0 Å². The standard InChI is InChI=1S/C34H30F2N6O4/c1-3-4-12-29-37-20(2)26(18-30-38-28(40-45-30)17-23-8-7-11-27(35)31(23)36)33(43)42(29)19-21-13-15-22(16-14-21)24-9-5-6-10-25(24)32-39-34(44)46-41-32/h5-11,13-16H,3-4,12,17-19H2,1-2H3,(H,39,41,44). The molecule has 10 nitrogen and oxygen atoms in total. The summed E-state index contributed by atoms with van der Waals surface area (Å²) < 4.78 is 39.6. The maximum absolute atomic E-state index is 14.2. The van der Waals surface area contributed by atoms with E-state index in [1.54, 1.807) is 11.5 Å². The van der Waals surface area contributed by atoms with Crippen molar-refractivity contribution in [2.24, 2.45) is 0 Å². The number of aromatic nitrogens is 6. The summed E-state index contributed by atoms with van der Waals surface area (Å²) in [5, 5.41) is 7.74. The number of benzene rings is 3. The molecule has 0 fully saturated rings. The normalized spacial score (nSPS) is 11.3. The Morgan fingerprint density at radius 1 is 0.870 bits per heavy atom. The van der Waals surface area contributed by atoms with Crippen LogP contribution in [0.4, 0.5) is 8.78 Å². The molecular weight excluding hydrogens is 594 g/mol. The number of nitrogens with zero attached hydrogens (tertiary/aromatic N) is 5. The summed E-state index contributed by atoms with van der Waals surface area (Å²) in [5.41, 5.74) is 4.25. The number of nitrogens with one attached hydrogen (secondary N) is 1. The molecule has 0 spiro atoms. The number of rotatable bonds is 11. The molecule has 6 aromatic rings. The van der Waals surface area contributed by atoms with Crippen LogP contribution in [0.1, 0.15) is 59.7 Å².